The lowest BCUT2D eigenvalue weighted by atomic mass is 10.2. The van der Waals surface area contributed by atoms with Gasteiger partial charge in [-0.15, -0.1) is 0 Å². The largest absolute Gasteiger partial charge is 0.370 e. The van der Waals surface area contributed by atoms with Gasteiger partial charge in [-0.3, -0.25) is 4.79 Å². The summed E-state index contributed by atoms with van der Waals surface area (Å²) in [6.45, 7) is 1.06. The zero-order chi connectivity index (χ0) is 10.8. The first-order chi connectivity index (χ1) is 7.18. The van der Waals surface area contributed by atoms with Crippen LogP contribution in [0.3, 0.4) is 0 Å². The van der Waals surface area contributed by atoms with E-state index in [0.29, 0.717) is 22.4 Å². The first-order valence-electron chi connectivity index (χ1n) is 4.51. The van der Waals surface area contributed by atoms with E-state index in [1.807, 2.05) is 22.6 Å². The van der Waals surface area contributed by atoms with Crippen molar-refractivity contribution in [1.82, 2.24) is 0 Å². The molecule has 0 unspecified atom stereocenters. The molecule has 80 valence electrons. The number of benzene rings is 1. The minimum Gasteiger partial charge on any atom is -0.370 e. The Hall–Kier alpha value is -0.690. The highest BCUT2D eigenvalue weighted by atomic mass is 127. The van der Waals surface area contributed by atoms with Crippen LogP contribution in [-0.2, 0) is 9.53 Å². The summed E-state index contributed by atoms with van der Waals surface area (Å²) in [5.41, 5.74) is 0.598. The number of hydrogen-bond acceptors (Lipinski definition) is 2. The summed E-state index contributed by atoms with van der Waals surface area (Å²) in [4.78, 5) is 13.0. The third kappa shape index (κ3) is 2.28. The number of ether oxygens (including phenoxy) is 1. The quantitative estimate of drug-likeness (QED) is 0.738. The van der Waals surface area contributed by atoms with E-state index < -0.39 is 0 Å². The van der Waals surface area contributed by atoms with Gasteiger partial charge in [-0.05, 0) is 40.8 Å². The van der Waals surface area contributed by atoms with Crippen molar-refractivity contribution < 1.29 is 13.9 Å². The van der Waals surface area contributed by atoms with Gasteiger partial charge in [-0.2, -0.15) is 0 Å². The van der Waals surface area contributed by atoms with Crippen LogP contribution < -0.4 is 4.90 Å². The van der Waals surface area contributed by atoms with Gasteiger partial charge >= 0.3 is 0 Å². The van der Waals surface area contributed by atoms with Gasteiger partial charge in [0.25, 0.3) is 5.91 Å². The minimum atomic E-state index is -0.299. The number of halogens is 2. The molecule has 1 heterocycles. The molecule has 0 aliphatic carbocycles. The lowest BCUT2D eigenvalue weighted by Gasteiger charge is -2.26. The maximum atomic E-state index is 13.3. The predicted octanol–water partition coefficient (Wildman–Crippen LogP) is 1.79. The van der Waals surface area contributed by atoms with E-state index in [2.05, 4.69) is 0 Å². The summed E-state index contributed by atoms with van der Waals surface area (Å²) < 4.78 is 18.8. The normalized spacial score (nSPS) is 16.9. The summed E-state index contributed by atoms with van der Waals surface area (Å²) in [7, 11) is 0. The number of morpholine rings is 1. The van der Waals surface area contributed by atoms with Crippen LogP contribution in [0.2, 0.25) is 0 Å². The fourth-order valence-electron chi connectivity index (χ4n) is 1.44. The van der Waals surface area contributed by atoms with Gasteiger partial charge in [-0.1, -0.05) is 0 Å². The maximum Gasteiger partial charge on any atom is 0.253 e. The molecule has 0 aromatic heterocycles. The first-order valence-corrected chi connectivity index (χ1v) is 5.59. The van der Waals surface area contributed by atoms with Crippen molar-refractivity contribution in [2.24, 2.45) is 0 Å². The second-order valence-corrected chi connectivity index (χ2v) is 4.36. The summed E-state index contributed by atoms with van der Waals surface area (Å²) >= 11 is 1.91. The average Bonchev–Trinajstić information content (AvgIpc) is 2.23. The molecule has 0 N–H and O–H groups in total. The molecule has 1 aliphatic rings. The van der Waals surface area contributed by atoms with E-state index in [-0.39, 0.29) is 18.3 Å². The second-order valence-electron chi connectivity index (χ2n) is 3.20. The molecule has 1 saturated heterocycles. The Labute approximate surface area is 100 Å². The molecule has 3 nitrogen and oxygen atoms in total. The minimum absolute atomic E-state index is 0.0770. The summed E-state index contributed by atoms with van der Waals surface area (Å²) in [6, 6.07) is 4.78. The van der Waals surface area contributed by atoms with E-state index >= 15 is 0 Å². The van der Waals surface area contributed by atoms with Gasteiger partial charge in [0.2, 0.25) is 0 Å². The molecule has 1 fully saturated rings. The van der Waals surface area contributed by atoms with Gasteiger partial charge < -0.3 is 9.64 Å². The van der Waals surface area contributed by atoms with Crippen LogP contribution in [0, 0.1) is 9.39 Å². The van der Waals surface area contributed by atoms with Crippen LogP contribution in [0.5, 0.6) is 0 Å². The van der Waals surface area contributed by atoms with E-state index in [1.54, 1.807) is 17.0 Å². The molecule has 1 aromatic carbocycles. The van der Waals surface area contributed by atoms with Crippen LogP contribution in [0.1, 0.15) is 0 Å². The highest BCUT2D eigenvalue weighted by molar-refractivity contribution is 14.1. The Bertz CT molecular complexity index is 397. The smallest absolute Gasteiger partial charge is 0.253 e. The fourth-order valence-corrected chi connectivity index (χ4v) is 1.78. The molecular weight excluding hydrogens is 312 g/mol. The first kappa shape index (κ1) is 10.8. The van der Waals surface area contributed by atoms with Crippen molar-refractivity contribution in [3.8, 4) is 0 Å². The zero-order valence-electron chi connectivity index (χ0n) is 7.87. The standard InChI is InChI=1S/C10H9FINO2/c11-8-5-7(1-2-9(8)12)13-3-4-15-6-10(13)14/h1-2,5H,3-4,6H2. The Kier molecular flexibility index (Phi) is 3.20. The summed E-state index contributed by atoms with van der Waals surface area (Å²) in [5.74, 6) is -0.422. The molecule has 1 amide bonds. The van der Waals surface area contributed by atoms with Gasteiger partial charge in [0.05, 0.1) is 6.61 Å². The average molecular weight is 321 g/mol. The zero-order valence-corrected chi connectivity index (χ0v) is 10.0. The molecule has 0 radical (unpaired) electrons. The van der Waals surface area contributed by atoms with Crippen molar-refractivity contribution >= 4 is 34.2 Å². The Morgan fingerprint density at radius 3 is 2.93 bits per heavy atom. The molecule has 0 saturated carbocycles. The molecule has 0 spiro atoms. The number of anilines is 1. The lowest BCUT2D eigenvalue weighted by molar-refractivity contribution is -0.125. The Morgan fingerprint density at radius 1 is 1.47 bits per heavy atom. The molecule has 1 aliphatic heterocycles. The van der Waals surface area contributed by atoms with Crippen LogP contribution in [-0.4, -0.2) is 25.7 Å². The van der Waals surface area contributed by atoms with E-state index in [4.69, 9.17) is 4.74 Å². The van der Waals surface area contributed by atoms with Gasteiger partial charge in [-0.25, -0.2) is 4.39 Å². The predicted molar refractivity (Wildman–Crippen MR) is 62.3 cm³/mol. The molecular formula is C10H9FINO2. The number of carbonyl (C=O) groups is 1. The van der Waals surface area contributed by atoms with Gasteiger partial charge in [0, 0.05) is 15.8 Å². The molecule has 2 rings (SSSR count). The highest BCUT2D eigenvalue weighted by Gasteiger charge is 2.20. The Balaban J connectivity index is 2.28. The van der Waals surface area contributed by atoms with Gasteiger partial charge in [0.1, 0.15) is 12.4 Å². The summed E-state index contributed by atoms with van der Waals surface area (Å²) in [6.07, 6.45) is 0. The molecule has 1 aromatic rings. The molecule has 5 heteroatoms. The van der Waals surface area contributed by atoms with E-state index in [1.165, 1.54) is 6.07 Å². The molecule has 15 heavy (non-hydrogen) atoms. The third-order valence-electron chi connectivity index (χ3n) is 2.20. The van der Waals surface area contributed by atoms with Crippen molar-refractivity contribution in [2.45, 2.75) is 0 Å². The monoisotopic (exact) mass is 321 g/mol. The van der Waals surface area contributed by atoms with Crippen LogP contribution in [0.4, 0.5) is 10.1 Å². The number of nitrogens with zero attached hydrogens (tertiary/aromatic N) is 1. The molecule has 0 atom stereocenters. The lowest BCUT2D eigenvalue weighted by Crippen LogP contribution is -2.41. The second kappa shape index (κ2) is 4.44. The highest BCUT2D eigenvalue weighted by Crippen LogP contribution is 2.21. The van der Waals surface area contributed by atoms with E-state index in [0.717, 1.165) is 0 Å². The number of rotatable bonds is 1. The number of hydrogen-bond donors (Lipinski definition) is 0. The van der Waals surface area contributed by atoms with E-state index in [9.17, 15) is 9.18 Å². The fraction of sp³-hybridized carbons (Fsp3) is 0.300. The number of carbonyl (C=O) groups excluding carboxylic acids is 1. The summed E-state index contributed by atoms with van der Waals surface area (Å²) in [5, 5.41) is 0. The van der Waals surface area contributed by atoms with Crippen molar-refractivity contribution in [1.29, 1.82) is 0 Å². The van der Waals surface area contributed by atoms with Crippen molar-refractivity contribution in [2.75, 3.05) is 24.7 Å². The van der Waals surface area contributed by atoms with Crippen LogP contribution in [0.25, 0.3) is 0 Å². The molecule has 0 bridgehead atoms. The topological polar surface area (TPSA) is 29.5 Å². The number of amides is 1. The van der Waals surface area contributed by atoms with Crippen molar-refractivity contribution in [3.63, 3.8) is 0 Å². The maximum absolute atomic E-state index is 13.3. The van der Waals surface area contributed by atoms with Crippen LogP contribution in [0.15, 0.2) is 18.2 Å². The van der Waals surface area contributed by atoms with Gasteiger partial charge in [0.15, 0.2) is 0 Å². The third-order valence-corrected chi connectivity index (χ3v) is 3.08. The SMILES string of the molecule is O=C1COCCN1c1ccc(I)c(F)c1. The van der Waals surface area contributed by atoms with Crippen molar-refractivity contribution in [3.05, 3.63) is 27.6 Å². The van der Waals surface area contributed by atoms with Crippen LogP contribution >= 0.6 is 22.6 Å². The Morgan fingerprint density at radius 2 is 2.27 bits per heavy atom.